The topological polar surface area (TPSA) is 86.0 Å². The van der Waals surface area contributed by atoms with Crippen molar-refractivity contribution in [3.05, 3.63) is 77.5 Å². The van der Waals surface area contributed by atoms with E-state index in [2.05, 4.69) is 29.2 Å². The maximum Gasteiger partial charge on any atom is 0.352 e. The van der Waals surface area contributed by atoms with Crippen LogP contribution in [-0.2, 0) is 11.8 Å². The Labute approximate surface area is 186 Å². The van der Waals surface area contributed by atoms with E-state index in [1.165, 1.54) is 0 Å². The molecule has 0 bridgehead atoms. The third kappa shape index (κ3) is 4.30. The number of aryl methyl sites for hydroxylation is 1. The highest BCUT2D eigenvalue weighted by Crippen LogP contribution is 2.34. The molecule has 7 nitrogen and oxygen atoms in total. The van der Waals surface area contributed by atoms with Crippen LogP contribution < -0.4 is 0 Å². The summed E-state index contributed by atoms with van der Waals surface area (Å²) in [6, 6.07) is 16.4. The number of carboxylic acids is 2. The molecule has 1 fully saturated rings. The van der Waals surface area contributed by atoms with Crippen LogP contribution in [-0.4, -0.2) is 69.2 Å². The predicted octanol–water partition coefficient (Wildman–Crippen LogP) is 3.33. The molecule has 1 aliphatic rings. The van der Waals surface area contributed by atoms with Gasteiger partial charge in [-0.1, -0.05) is 60.7 Å². The van der Waals surface area contributed by atoms with Crippen LogP contribution in [0.3, 0.4) is 0 Å². The van der Waals surface area contributed by atoms with Gasteiger partial charge >= 0.3 is 11.9 Å². The van der Waals surface area contributed by atoms with Gasteiger partial charge < -0.3 is 14.8 Å². The second kappa shape index (κ2) is 9.38. The van der Waals surface area contributed by atoms with Crippen molar-refractivity contribution in [1.29, 1.82) is 0 Å². The molecule has 1 saturated heterocycles. The highest BCUT2D eigenvalue weighted by Gasteiger charge is 2.36. The highest BCUT2D eigenvalue weighted by molar-refractivity contribution is 6.01. The number of nitrogens with zero attached hydrogens (tertiary/aromatic N) is 3. The molecule has 0 amide bonds. The maximum atomic E-state index is 12.4. The maximum absolute atomic E-state index is 12.4. The zero-order chi connectivity index (χ0) is 22.7. The lowest BCUT2D eigenvalue weighted by Gasteiger charge is -2.37. The summed E-state index contributed by atoms with van der Waals surface area (Å²) in [5.74, 6) is -2.14. The third-order valence-electron chi connectivity index (χ3n) is 6.10. The zero-order valence-corrected chi connectivity index (χ0v) is 18.0. The largest absolute Gasteiger partial charge is 0.480 e. The molecule has 166 valence electrons. The van der Waals surface area contributed by atoms with Crippen molar-refractivity contribution in [3.63, 3.8) is 0 Å². The molecule has 0 saturated carbocycles. The smallest absolute Gasteiger partial charge is 0.352 e. The highest BCUT2D eigenvalue weighted by atomic mass is 16.4. The lowest BCUT2D eigenvalue weighted by molar-refractivity contribution is -0.144. The van der Waals surface area contributed by atoms with Crippen LogP contribution in [0.5, 0.6) is 0 Å². The van der Waals surface area contributed by atoms with E-state index in [1.54, 1.807) is 17.7 Å². The molecule has 4 rings (SSSR count). The van der Waals surface area contributed by atoms with Crippen molar-refractivity contribution in [3.8, 4) is 0 Å². The van der Waals surface area contributed by atoms with Gasteiger partial charge in [0.2, 0.25) is 0 Å². The van der Waals surface area contributed by atoms with E-state index in [4.69, 9.17) is 0 Å². The Bertz CT molecular complexity index is 1140. The number of fused-ring (bicyclic) bond motifs is 1. The first-order valence-corrected chi connectivity index (χ1v) is 10.7. The number of rotatable bonds is 7. The summed E-state index contributed by atoms with van der Waals surface area (Å²) in [5.41, 5.74) is 2.26. The lowest BCUT2D eigenvalue weighted by Crippen LogP contribution is -2.49. The van der Waals surface area contributed by atoms with E-state index in [0.29, 0.717) is 24.0 Å². The number of carboxylic acid groups (broad SMARTS) is 2. The molecule has 1 aliphatic heterocycles. The zero-order valence-electron chi connectivity index (χ0n) is 18.0. The molecular weight excluding hydrogens is 406 g/mol. The van der Waals surface area contributed by atoms with Crippen LogP contribution in [0.2, 0.25) is 0 Å². The molecule has 2 heterocycles. The van der Waals surface area contributed by atoms with Gasteiger partial charge in [0, 0.05) is 56.2 Å². The quantitative estimate of drug-likeness (QED) is 0.595. The van der Waals surface area contributed by atoms with Gasteiger partial charge in [-0.2, -0.15) is 0 Å². The number of aromatic carboxylic acids is 1. The Balaban J connectivity index is 1.53. The molecule has 0 radical (unpaired) electrons. The van der Waals surface area contributed by atoms with E-state index >= 15 is 0 Å². The van der Waals surface area contributed by atoms with Gasteiger partial charge in [-0.05, 0) is 11.6 Å². The van der Waals surface area contributed by atoms with Crippen molar-refractivity contribution >= 4 is 28.9 Å². The van der Waals surface area contributed by atoms with Crippen LogP contribution in [0, 0.1) is 0 Å². The average Bonchev–Trinajstić information content (AvgIpc) is 3.08. The van der Waals surface area contributed by atoms with Crippen LogP contribution in [0.4, 0.5) is 0 Å². The molecular formula is C25H27N3O4. The Morgan fingerprint density at radius 1 is 0.969 bits per heavy atom. The van der Waals surface area contributed by atoms with Crippen molar-refractivity contribution in [1.82, 2.24) is 14.4 Å². The summed E-state index contributed by atoms with van der Waals surface area (Å²) in [7, 11) is 1.67. The van der Waals surface area contributed by atoms with Gasteiger partial charge in [-0.25, -0.2) is 4.79 Å². The van der Waals surface area contributed by atoms with Gasteiger partial charge in [0.25, 0.3) is 0 Å². The average molecular weight is 434 g/mol. The SMILES string of the molecule is Cn1c(C(=O)O)c(C(C(=O)O)N2CCN(C/C=C/c3ccccc3)CC2)c2ccccc21. The standard InChI is InChI=1S/C25H27N3O4/c1-26-20-12-6-5-11-19(20)21(22(26)24(29)30)23(25(31)32)28-16-14-27(15-17-28)13-7-10-18-8-3-2-4-9-18/h2-12,23H,13-17H2,1H3,(H,29,30)(H,31,32)/b10-7+. The molecule has 2 N–H and O–H groups in total. The van der Waals surface area contributed by atoms with E-state index in [0.717, 1.165) is 30.7 Å². The minimum absolute atomic E-state index is 0.0341. The summed E-state index contributed by atoms with van der Waals surface area (Å²) >= 11 is 0. The van der Waals surface area contributed by atoms with Gasteiger partial charge in [-0.15, -0.1) is 0 Å². The number of aliphatic carboxylic acids is 1. The molecule has 7 heteroatoms. The van der Waals surface area contributed by atoms with Crippen LogP contribution in [0.25, 0.3) is 17.0 Å². The molecule has 1 aromatic heterocycles. The van der Waals surface area contributed by atoms with E-state index in [-0.39, 0.29) is 5.69 Å². The normalized spacial score (nSPS) is 16.5. The molecule has 0 aliphatic carbocycles. The number of carbonyl (C=O) groups is 2. The molecule has 32 heavy (non-hydrogen) atoms. The molecule has 0 spiro atoms. The van der Waals surface area contributed by atoms with Crippen molar-refractivity contribution in [2.75, 3.05) is 32.7 Å². The second-order valence-electron chi connectivity index (χ2n) is 8.03. The number of benzene rings is 2. The van der Waals surface area contributed by atoms with Crippen molar-refractivity contribution in [2.24, 2.45) is 7.05 Å². The number of hydrogen-bond donors (Lipinski definition) is 2. The first-order valence-electron chi connectivity index (χ1n) is 10.7. The first kappa shape index (κ1) is 21.8. The number of piperazine rings is 1. The first-order chi connectivity index (χ1) is 15.5. The molecule has 1 atom stereocenters. The Kier molecular flexibility index (Phi) is 6.39. The summed E-state index contributed by atoms with van der Waals surface area (Å²) < 4.78 is 1.58. The minimum atomic E-state index is -1.12. The van der Waals surface area contributed by atoms with Gasteiger partial charge in [0.1, 0.15) is 11.7 Å². The van der Waals surface area contributed by atoms with Gasteiger partial charge in [-0.3, -0.25) is 14.6 Å². The minimum Gasteiger partial charge on any atom is -0.480 e. The summed E-state index contributed by atoms with van der Waals surface area (Å²) in [4.78, 5) is 28.6. The Morgan fingerprint density at radius 3 is 2.28 bits per heavy atom. The molecule has 2 aromatic carbocycles. The van der Waals surface area contributed by atoms with Crippen molar-refractivity contribution in [2.45, 2.75) is 6.04 Å². The summed E-state index contributed by atoms with van der Waals surface area (Å²) in [5, 5.41) is 20.7. The monoisotopic (exact) mass is 433 g/mol. The second-order valence-corrected chi connectivity index (χ2v) is 8.03. The number of hydrogen-bond acceptors (Lipinski definition) is 4. The van der Waals surface area contributed by atoms with Crippen molar-refractivity contribution < 1.29 is 19.8 Å². The fraction of sp³-hybridized carbons (Fsp3) is 0.280. The van der Waals surface area contributed by atoms with E-state index in [9.17, 15) is 19.8 Å². The third-order valence-corrected chi connectivity index (χ3v) is 6.10. The van der Waals surface area contributed by atoms with E-state index in [1.807, 2.05) is 41.3 Å². The summed E-state index contributed by atoms with van der Waals surface area (Å²) in [6.45, 7) is 3.33. The number of aromatic nitrogens is 1. The summed E-state index contributed by atoms with van der Waals surface area (Å²) in [6.07, 6.45) is 4.20. The lowest BCUT2D eigenvalue weighted by atomic mass is 10.00. The fourth-order valence-corrected chi connectivity index (χ4v) is 4.53. The van der Waals surface area contributed by atoms with Gasteiger partial charge in [0.15, 0.2) is 0 Å². The Morgan fingerprint density at radius 2 is 1.62 bits per heavy atom. The van der Waals surface area contributed by atoms with Crippen LogP contribution in [0.1, 0.15) is 27.7 Å². The van der Waals surface area contributed by atoms with Crippen LogP contribution >= 0.6 is 0 Å². The number of para-hydroxylation sites is 1. The van der Waals surface area contributed by atoms with E-state index < -0.39 is 18.0 Å². The van der Waals surface area contributed by atoms with Gasteiger partial charge in [0.05, 0.1) is 0 Å². The predicted molar refractivity (Wildman–Crippen MR) is 124 cm³/mol. The fourth-order valence-electron chi connectivity index (χ4n) is 4.53. The molecule has 3 aromatic rings. The Hall–Kier alpha value is -3.42. The molecule has 1 unspecified atom stereocenters. The van der Waals surface area contributed by atoms with Crippen LogP contribution in [0.15, 0.2) is 60.7 Å².